The van der Waals surface area contributed by atoms with E-state index in [0.717, 1.165) is 12.0 Å². The van der Waals surface area contributed by atoms with Gasteiger partial charge in [-0.3, -0.25) is 9.35 Å². The van der Waals surface area contributed by atoms with Crippen LogP contribution < -0.4 is 0 Å². The Kier molecular flexibility index (Phi) is 20.8. The lowest BCUT2D eigenvalue weighted by atomic mass is 9.47. The number of carbonyl (C=O) groups excluding carboxylic acids is 1. The molecule has 27 unspecified atom stereocenters. The van der Waals surface area contributed by atoms with Crippen LogP contribution in [0.25, 0.3) is 0 Å². The van der Waals surface area contributed by atoms with Gasteiger partial charge in [0.25, 0.3) is 0 Å². The zero-order valence-electron chi connectivity index (χ0n) is 49.1. The number of allylic oxidation sites excluding steroid dienone is 2. The summed E-state index contributed by atoms with van der Waals surface area (Å²) < 4.78 is 100. The zero-order chi connectivity index (χ0) is 62.3. The van der Waals surface area contributed by atoms with E-state index in [1.807, 2.05) is 13.8 Å². The Labute approximate surface area is 494 Å². The Morgan fingerprint density at radius 3 is 1.78 bits per heavy atom. The van der Waals surface area contributed by atoms with Gasteiger partial charge in [0, 0.05) is 12.8 Å². The van der Waals surface area contributed by atoms with E-state index in [4.69, 9.17) is 51.6 Å². The van der Waals surface area contributed by atoms with Crippen molar-refractivity contribution in [2.24, 2.45) is 40.4 Å². The SMILES string of the molecule is CC(C)CC(=O)C[C@](C)(O)C1CCC2C3C[C@H](OC4OC(C)C(O)C(OC5OCC(OC6OC(CO)C(O)C(O)C6OC6OC(C)C(O)C(O)C6O)C(O)C5OC5OC(C)C(O)C(O)C5O)C4O)[C@H]4C[C@@H](OS(=O)(=O)O)CC[C@]4(C)C3=CC[C@@]21C. The highest BCUT2D eigenvalue weighted by atomic mass is 32.3. The number of carbonyl (C=O) groups is 1. The van der Waals surface area contributed by atoms with E-state index in [1.54, 1.807) is 6.92 Å². The van der Waals surface area contributed by atoms with E-state index in [9.17, 15) is 84.1 Å². The first-order chi connectivity index (χ1) is 39.7. The summed E-state index contributed by atoms with van der Waals surface area (Å²) in [5, 5.41) is 145. The first-order valence-electron chi connectivity index (χ1n) is 29.9. The van der Waals surface area contributed by atoms with Gasteiger partial charge in [0.15, 0.2) is 31.5 Å². The molecule has 0 radical (unpaired) electrons. The molecule has 0 spiro atoms. The lowest BCUT2D eigenvalue weighted by molar-refractivity contribution is -0.398. The molecule has 5 aliphatic heterocycles. The maximum absolute atomic E-state index is 13.2. The third-order valence-corrected chi connectivity index (χ3v) is 20.8. The largest absolute Gasteiger partial charge is 0.397 e. The molecular weight excluding hydrogens is 1150 g/mol. The number of hydrogen-bond acceptors (Lipinski definition) is 27. The smallest absolute Gasteiger partial charge is 0.394 e. The van der Waals surface area contributed by atoms with E-state index < -0.39 is 206 Å². The summed E-state index contributed by atoms with van der Waals surface area (Å²) in [7, 11) is -4.88. The lowest BCUT2D eigenvalue weighted by Crippen LogP contribution is -2.67. The molecular formula is C56H92O28S. The minimum Gasteiger partial charge on any atom is -0.394 e. The lowest BCUT2D eigenvalue weighted by Gasteiger charge is -2.60. The average Bonchev–Trinajstić information content (AvgIpc) is 1.71. The topological polar surface area (TPSA) is 436 Å². The van der Waals surface area contributed by atoms with Crippen LogP contribution in [0.4, 0.5) is 0 Å². The Balaban J connectivity index is 0.982. The number of ketones is 1. The molecule has 0 bridgehead atoms. The van der Waals surface area contributed by atoms with Crippen molar-refractivity contribution in [3.05, 3.63) is 11.6 Å². The maximum Gasteiger partial charge on any atom is 0.397 e. The fourth-order valence-electron chi connectivity index (χ4n) is 15.8. The van der Waals surface area contributed by atoms with Crippen LogP contribution in [0.3, 0.4) is 0 Å². The number of rotatable bonds is 18. The van der Waals surface area contributed by atoms with Gasteiger partial charge in [0.2, 0.25) is 0 Å². The minimum absolute atomic E-state index is 0.00462. The first-order valence-corrected chi connectivity index (χ1v) is 31.3. The quantitative estimate of drug-likeness (QED) is 0.0491. The van der Waals surface area contributed by atoms with Gasteiger partial charge in [-0.1, -0.05) is 39.3 Å². The molecule has 0 aromatic rings. The molecule has 85 heavy (non-hydrogen) atoms. The van der Waals surface area contributed by atoms with Crippen LogP contribution in [0.15, 0.2) is 11.6 Å². The van der Waals surface area contributed by atoms with Gasteiger partial charge in [-0.15, -0.1) is 0 Å². The highest BCUT2D eigenvalue weighted by Crippen LogP contribution is 2.67. The minimum atomic E-state index is -4.88. The van der Waals surface area contributed by atoms with E-state index in [2.05, 4.69) is 19.9 Å². The number of aliphatic hydroxyl groups excluding tert-OH is 12. The highest BCUT2D eigenvalue weighted by molar-refractivity contribution is 7.80. The van der Waals surface area contributed by atoms with Crippen molar-refractivity contribution < 1.29 is 136 Å². The summed E-state index contributed by atoms with van der Waals surface area (Å²) in [6, 6.07) is 0. The van der Waals surface area contributed by atoms with Crippen LogP contribution in [-0.2, 0) is 66.7 Å². The molecule has 3 saturated carbocycles. The number of fused-ring (bicyclic) bond motifs is 5. The second kappa shape index (κ2) is 26.2. The fourth-order valence-corrected chi connectivity index (χ4v) is 16.3. The fraction of sp³-hybridized carbons (Fsp3) is 0.946. The van der Waals surface area contributed by atoms with Crippen LogP contribution in [0, 0.1) is 40.4 Å². The van der Waals surface area contributed by atoms with E-state index in [0.29, 0.717) is 32.1 Å². The third-order valence-electron chi connectivity index (χ3n) is 20.3. The van der Waals surface area contributed by atoms with Crippen molar-refractivity contribution in [1.82, 2.24) is 0 Å². The standard InChI is InChI=1S/C56H92O28S/c1-21(2)15-25(58)18-56(8,70)34-10-9-28-27-17-31(30-16-26(84-85(71,72)73)11-13-54(30,6)29(27)12-14-55(28,34)7)78-51-45(69)46(37(61)24(5)77-51)81-52-47(82-49-43(67)40(64)35(59)22(3)75-49)39(63)33(20-74-52)80-53-48(42(66)38(62)32(19-57)79-53)83-50-44(68)41(65)36(60)23(4)76-50/h12,21-24,26-28,30-53,57,59-70H,9-11,13-20H2,1-8H3,(H,71,72,73)/t22?,23?,24?,26-,27?,28?,30+,31-,32?,33?,34?,35?,36?,37?,38?,39?,40?,41?,42?,43?,44?,45?,46?,47?,48?,49?,50?,51?,52?,53?,54+,55-,56-/m0/s1. The Morgan fingerprint density at radius 1 is 0.647 bits per heavy atom. The second-order valence-corrected chi connectivity index (χ2v) is 27.7. The molecule has 4 aliphatic carbocycles. The highest BCUT2D eigenvalue weighted by Gasteiger charge is 2.64. The van der Waals surface area contributed by atoms with Gasteiger partial charge in [-0.25, -0.2) is 4.18 Å². The molecule has 8 fully saturated rings. The molecule has 0 amide bonds. The summed E-state index contributed by atoms with van der Waals surface area (Å²) in [4.78, 5) is 13.2. The summed E-state index contributed by atoms with van der Waals surface area (Å²) >= 11 is 0. The Morgan fingerprint density at radius 2 is 1.20 bits per heavy atom. The van der Waals surface area contributed by atoms with Gasteiger partial charge < -0.3 is 114 Å². The molecule has 9 aliphatic rings. The van der Waals surface area contributed by atoms with Gasteiger partial charge in [0.05, 0.1) is 49.3 Å². The molecule has 9 rings (SSSR count). The monoisotopic (exact) mass is 1240 g/mol. The van der Waals surface area contributed by atoms with Crippen LogP contribution in [0.5, 0.6) is 0 Å². The number of aliphatic hydroxyl groups is 13. The Bertz CT molecular complexity index is 2420. The van der Waals surface area contributed by atoms with Gasteiger partial charge in [0.1, 0.15) is 103 Å². The average molecular weight is 1250 g/mol. The van der Waals surface area contributed by atoms with Crippen molar-refractivity contribution in [2.75, 3.05) is 13.2 Å². The molecule has 490 valence electrons. The van der Waals surface area contributed by atoms with Gasteiger partial charge in [-0.05, 0) is 113 Å². The summed E-state index contributed by atoms with van der Waals surface area (Å²) in [6.45, 7) is 12.6. The summed E-state index contributed by atoms with van der Waals surface area (Å²) in [5.41, 5.74) is -1.26. The van der Waals surface area contributed by atoms with Crippen molar-refractivity contribution in [2.45, 2.75) is 278 Å². The van der Waals surface area contributed by atoms with Crippen molar-refractivity contribution in [1.29, 1.82) is 0 Å². The zero-order valence-corrected chi connectivity index (χ0v) is 50.0. The molecule has 14 N–H and O–H groups in total. The summed E-state index contributed by atoms with van der Waals surface area (Å²) in [5.74, 6) is -0.799. The van der Waals surface area contributed by atoms with Crippen molar-refractivity contribution in [3.8, 4) is 0 Å². The number of hydrogen-bond donors (Lipinski definition) is 14. The molecule has 0 aromatic carbocycles. The predicted octanol–water partition coefficient (Wildman–Crippen LogP) is -2.68. The molecule has 29 heteroatoms. The summed E-state index contributed by atoms with van der Waals surface area (Å²) in [6.07, 6.45) is -37.1. The van der Waals surface area contributed by atoms with Crippen LogP contribution >= 0.6 is 0 Å². The van der Waals surface area contributed by atoms with E-state index in [-0.39, 0.29) is 48.7 Å². The molecule has 5 heterocycles. The first kappa shape index (κ1) is 67.7. The molecule has 0 aromatic heterocycles. The van der Waals surface area contributed by atoms with Crippen molar-refractivity contribution in [3.63, 3.8) is 0 Å². The van der Waals surface area contributed by atoms with Crippen LogP contribution in [0.2, 0.25) is 0 Å². The maximum atomic E-state index is 13.2. The van der Waals surface area contributed by atoms with Gasteiger partial charge >= 0.3 is 10.4 Å². The third kappa shape index (κ3) is 13.5. The van der Waals surface area contributed by atoms with Gasteiger partial charge in [-0.2, -0.15) is 8.42 Å². The normalized spacial score (nSPS) is 51.3. The molecule has 33 atom stereocenters. The predicted molar refractivity (Wildman–Crippen MR) is 286 cm³/mol. The Hall–Kier alpha value is -1.64. The number of Topliss-reactive ketones (excluding diaryl/α,β-unsaturated/α-hetero) is 1. The molecule has 28 nitrogen and oxygen atoms in total. The van der Waals surface area contributed by atoms with Crippen molar-refractivity contribution >= 4 is 16.2 Å². The number of ether oxygens (including phenoxy) is 10. The van der Waals surface area contributed by atoms with Crippen LogP contribution in [-0.4, -0.2) is 264 Å². The molecule has 5 saturated heterocycles. The van der Waals surface area contributed by atoms with Crippen LogP contribution in [0.1, 0.15) is 113 Å². The van der Waals surface area contributed by atoms with E-state index >= 15 is 0 Å². The van der Waals surface area contributed by atoms with E-state index in [1.165, 1.54) is 20.8 Å². The second-order valence-electron chi connectivity index (χ2n) is 26.7.